The predicted molar refractivity (Wildman–Crippen MR) is 74.2 cm³/mol. The van der Waals surface area contributed by atoms with Crippen LogP contribution in [-0.4, -0.2) is 23.8 Å². The second-order valence-electron chi connectivity index (χ2n) is 3.35. The SMILES string of the molecule is CCCCC#C[C@H](O)[CH][CH][CH][C@H](C)O[C-]=O.[C-]#[O+].[C-]#[O+].[C-]#[O+].[Fe+2]. The molecule has 1 N–H and O–H groups in total. The number of aliphatic hydroxyl groups is 1. The number of carbonyl (C=O) groups excluding carboxylic acids is 1. The second kappa shape index (κ2) is 37.2. The molecular weight excluding hydrogens is 344 g/mol. The minimum Gasteiger partial charge on any atom is 2.00 e. The van der Waals surface area contributed by atoms with Crippen molar-refractivity contribution < 1.29 is 45.7 Å². The fraction of sp³-hybridized carbons (Fsp3) is 0.438. The van der Waals surface area contributed by atoms with Crippen LogP contribution in [0.2, 0.25) is 0 Å². The largest absolute Gasteiger partial charge is 2.00 e. The normalized spacial score (nSPS) is 9.61. The molecule has 0 heterocycles. The van der Waals surface area contributed by atoms with E-state index in [9.17, 15) is 9.90 Å². The fourth-order valence-electron chi connectivity index (χ4n) is 0.931. The third kappa shape index (κ3) is 38.6. The maximum Gasteiger partial charge on any atom is 2.00 e. The molecule has 0 saturated heterocycles. The summed E-state index contributed by atoms with van der Waals surface area (Å²) >= 11 is 0. The number of rotatable bonds is 8. The van der Waals surface area contributed by atoms with Gasteiger partial charge in [-0.15, -0.1) is 5.92 Å². The number of aliphatic hydroxyl groups excluding tert-OH is 1. The summed E-state index contributed by atoms with van der Waals surface area (Å²) in [5.74, 6) is 5.59. The Morgan fingerprint density at radius 2 is 1.74 bits per heavy atom. The maximum absolute atomic E-state index is 9.85. The maximum atomic E-state index is 9.85. The van der Waals surface area contributed by atoms with E-state index in [1.165, 1.54) is 6.47 Å². The zero-order chi connectivity index (χ0) is 18.2. The molecule has 23 heavy (non-hydrogen) atoms. The van der Waals surface area contributed by atoms with Gasteiger partial charge in [0.25, 0.3) is 0 Å². The first-order chi connectivity index (χ1) is 10.7. The number of hydrogen-bond donors (Lipinski definition) is 1. The number of unbranched alkanes of at least 4 members (excludes halogenated alkanes) is 2. The van der Waals surface area contributed by atoms with Crippen molar-refractivity contribution in [3.8, 4) is 11.8 Å². The quantitative estimate of drug-likeness (QED) is 0.233. The summed E-state index contributed by atoms with van der Waals surface area (Å²) in [7, 11) is 0. The van der Waals surface area contributed by atoms with Gasteiger partial charge in [0.15, 0.2) is 0 Å². The van der Waals surface area contributed by atoms with Gasteiger partial charge in [-0.05, 0) is 19.8 Å². The third-order valence-electron chi connectivity index (χ3n) is 1.81. The average Bonchev–Trinajstić information content (AvgIpc) is 2.57. The van der Waals surface area contributed by atoms with Crippen LogP contribution in [0.15, 0.2) is 0 Å². The van der Waals surface area contributed by atoms with Crippen LogP contribution >= 0.6 is 0 Å². The first-order valence-electron chi connectivity index (χ1n) is 6.02. The molecular formula is C16H18FeO6+. The molecule has 0 aliphatic rings. The monoisotopic (exact) mass is 362 g/mol. The van der Waals surface area contributed by atoms with Crippen LogP contribution < -0.4 is 0 Å². The summed E-state index contributed by atoms with van der Waals surface area (Å²) < 4.78 is 27.0. The molecule has 0 spiro atoms. The Labute approximate surface area is 149 Å². The van der Waals surface area contributed by atoms with Gasteiger partial charge in [-0.2, -0.15) is 0 Å². The summed E-state index contributed by atoms with van der Waals surface area (Å²) in [5, 5.41) is 9.39. The van der Waals surface area contributed by atoms with E-state index in [-0.39, 0.29) is 23.2 Å². The average molecular weight is 362 g/mol. The van der Waals surface area contributed by atoms with Crippen LogP contribution in [0, 0.1) is 51.1 Å². The van der Waals surface area contributed by atoms with E-state index in [4.69, 9.17) is 14.0 Å². The van der Waals surface area contributed by atoms with E-state index >= 15 is 0 Å². The van der Waals surface area contributed by atoms with Crippen LogP contribution in [0.25, 0.3) is 0 Å². The van der Waals surface area contributed by atoms with Crippen LogP contribution in [0.1, 0.15) is 33.1 Å². The molecule has 0 bridgehead atoms. The first kappa shape index (κ1) is 33.4. The molecule has 0 aliphatic heterocycles. The van der Waals surface area contributed by atoms with Gasteiger partial charge in [0.1, 0.15) is 6.10 Å². The standard InChI is InChI=1S/C13H18O3.3CO.Fe/c1-3-4-5-6-9-13(15)10-7-8-12(2)16-11-14;3*1-2;/h7-8,10,12-13,15H,3-5H2,1-2H3;;;;/q-1;;;;+2/t12-,13-;;;;/m0..../s1. The number of hydrogen-bond acceptors (Lipinski definition) is 3. The Morgan fingerprint density at radius 3 is 2.17 bits per heavy atom. The molecule has 0 unspecified atom stereocenters. The molecule has 0 aromatic carbocycles. The Balaban J connectivity index is -0.000000137. The molecule has 6 nitrogen and oxygen atoms in total. The molecule has 125 valence electrons. The van der Waals surface area contributed by atoms with Crippen molar-refractivity contribution >= 4 is 6.47 Å². The van der Waals surface area contributed by atoms with Crippen molar-refractivity contribution in [3.05, 3.63) is 39.2 Å². The van der Waals surface area contributed by atoms with Crippen molar-refractivity contribution in [2.75, 3.05) is 0 Å². The van der Waals surface area contributed by atoms with Gasteiger partial charge in [0.05, 0.1) is 6.10 Å². The Hall–Kier alpha value is -1.27. The fourth-order valence-corrected chi connectivity index (χ4v) is 0.931. The minimum absolute atomic E-state index is 0. The zero-order valence-corrected chi connectivity index (χ0v) is 14.0. The molecule has 0 aromatic heterocycles. The van der Waals surface area contributed by atoms with Crippen molar-refractivity contribution in [1.29, 1.82) is 0 Å². The van der Waals surface area contributed by atoms with E-state index in [2.05, 4.69) is 43.5 Å². The summed E-state index contributed by atoms with van der Waals surface area (Å²) in [6.45, 7) is 18.6. The van der Waals surface area contributed by atoms with Crippen molar-refractivity contribution in [3.63, 3.8) is 0 Å². The summed E-state index contributed by atoms with van der Waals surface area (Å²) in [4.78, 5) is 9.85. The van der Waals surface area contributed by atoms with Crippen molar-refractivity contribution in [1.82, 2.24) is 0 Å². The van der Waals surface area contributed by atoms with E-state index in [1.54, 1.807) is 26.2 Å². The molecule has 0 aromatic rings. The van der Waals surface area contributed by atoms with Crippen LogP contribution in [0.4, 0.5) is 0 Å². The van der Waals surface area contributed by atoms with Crippen LogP contribution in [-0.2, 0) is 40.6 Å². The van der Waals surface area contributed by atoms with Crippen molar-refractivity contribution in [2.45, 2.75) is 45.3 Å². The van der Waals surface area contributed by atoms with Gasteiger partial charge in [0.2, 0.25) is 0 Å². The van der Waals surface area contributed by atoms with Gasteiger partial charge in [-0.3, -0.25) is 0 Å². The molecule has 7 heteroatoms. The molecule has 3 radical (unpaired) electrons. The topological polar surface area (TPSA) is 106 Å². The minimum atomic E-state index is -0.763. The summed E-state index contributed by atoms with van der Waals surface area (Å²) in [5.41, 5.74) is 0. The van der Waals surface area contributed by atoms with Gasteiger partial charge in [0, 0.05) is 19.3 Å². The molecule has 0 fully saturated rings. The molecule has 2 atom stereocenters. The van der Waals surface area contributed by atoms with E-state index < -0.39 is 6.10 Å². The van der Waals surface area contributed by atoms with Gasteiger partial charge in [-0.1, -0.05) is 25.7 Å². The third-order valence-corrected chi connectivity index (χ3v) is 1.81. The Kier molecular flexibility index (Phi) is 53.9. The molecule has 0 saturated carbocycles. The predicted octanol–water partition coefficient (Wildman–Crippen LogP) is 1.51. The van der Waals surface area contributed by atoms with Gasteiger partial charge in [-0.25, -0.2) is 0 Å². The Morgan fingerprint density at radius 1 is 1.22 bits per heavy atom. The van der Waals surface area contributed by atoms with E-state index in [0.717, 1.165) is 19.3 Å². The van der Waals surface area contributed by atoms with Crippen LogP contribution in [0.5, 0.6) is 0 Å². The molecule has 0 amide bonds. The molecule has 0 rings (SSSR count). The van der Waals surface area contributed by atoms with Gasteiger partial charge < -0.3 is 14.6 Å². The van der Waals surface area contributed by atoms with E-state index in [0.29, 0.717) is 0 Å². The van der Waals surface area contributed by atoms with Crippen LogP contribution in [0.3, 0.4) is 0 Å². The van der Waals surface area contributed by atoms with E-state index in [1.807, 2.05) is 0 Å². The van der Waals surface area contributed by atoms with Crippen molar-refractivity contribution in [2.24, 2.45) is 0 Å². The summed E-state index contributed by atoms with van der Waals surface area (Å²) in [6.07, 6.45) is 6.67. The van der Waals surface area contributed by atoms with Gasteiger partial charge >= 0.3 is 51.0 Å². The first-order valence-corrected chi connectivity index (χ1v) is 6.02. The zero-order valence-electron chi connectivity index (χ0n) is 12.9. The Bertz CT molecular complexity index is 326. The second-order valence-corrected chi connectivity index (χ2v) is 3.35. The molecule has 0 aliphatic carbocycles. The number of ether oxygens (including phenoxy) is 1. The summed E-state index contributed by atoms with van der Waals surface area (Å²) in [6, 6.07) is 0. The smallest absolute Gasteiger partial charge is 2.00 e.